The van der Waals surface area contributed by atoms with E-state index in [-0.39, 0.29) is 10.5 Å². The monoisotopic (exact) mass is 305 g/mol. The molecule has 1 heterocycles. The van der Waals surface area contributed by atoms with E-state index in [2.05, 4.69) is 21.2 Å². The molecule has 0 radical (unpaired) electrons. The van der Waals surface area contributed by atoms with Gasteiger partial charge in [0.1, 0.15) is 17.2 Å². The number of ether oxygens (including phenoxy) is 1. The molecule has 6 heteroatoms. The van der Waals surface area contributed by atoms with Crippen molar-refractivity contribution in [3.63, 3.8) is 0 Å². The third-order valence-corrected chi connectivity index (χ3v) is 2.96. The fraction of sp³-hybridized carbons (Fsp3) is 0.364. The molecule has 0 aromatic heterocycles. The van der Waals surface area contributed by atoms with Gasteiger partial charge in [-0.15, -0.1) is 0 Å². The molecule has 1 aromatic rings. The lowest BCUT2D eigenvalue weighted by Gasteiger charge is -2.11. The van der Waals surface area contributed by atoms with Crippen LogP contribution in [0.3, 0.4) is 0 Å². The second-order valence-corrected chi connectivity index (χ2v) is 4.69. The molecule has 1 saturated heterocycles. The van der Waals surface area contributed by atoms with Crippen molar-refractivity contribution < 1.29 is 18.3 Å². The van der Waals surface area contributed by atoms with Crippen LogP contribution in [0, 0.1) is 11.6 Å². The molecule has 1 aliphatic heterocycles. The number of amides is 1. The van der Waals surface area contributed by atoms with Gasteiger partial charge >= 0.3 is 0 Å². The Morgan fingerprint density at radius 2 is 2.06 bits per heavy atom. The lowest BCUT2D eigenvalue weighted by atomic mass is 10.1. The van der Waals surface area contributed by atoms with Crippen molar-refractivity contribution in [2.24, 2.45) is 0 Å². The highest BCUT2D eigenvalue weighted by Crippen LogP contribution is 2.19. The fourth-order valence-corrected chi connectivity index (χ4v) is 2.07. The Kier molecular flexibility index (Phi) is 3.73. The number of hydrogen-bond acceptors (Lipinski definition) is 2. The van der Waals surface area contributed by atoms with Crippen LogP contribution in [0.4, 0.5) is 8.78 Å². The van der Waals surface area contributed by atoms with E-state index in [1.54, 1.807) is 0 Å². The first kappa shape index (κ1) is 12.4. The molecule has 1 atom stereocenters. The molecule has 1 aliphatic rings. The Morgan fingerprint density at radius 3 is 2.59 bits per heavy atom. The van der Waals surface area contributed by atoms with Crippen LogP contribution in [-0.4, -0.2) is 25.2 Å². The normalized spacial score (nSPS) is 19.4. The van der Waals surface area contributed by atoms with Crippen LogP contribution in [0.5, 0.6) is 0 Å². The van der Waals surface area contributed by atoms with E-state index < -0.39 is 23.1 Å². The average molecular weight is 306 g/mol. The first-order chi connectivity index (χ1) is 8.08. The zero-order valence-electron chi connectivity index (χ0n) is 8.80. The van der Waals surface area contributed by atoms with Gasteiger partial charge in [-0.25, -0.2) is 8.78 Å². The molecule has 3 nitrogen and oxygen atoms in total. The van der Waals surface area contributed by atoms with Crippen molar-refractivity contribution in [1.82, 2.24) is 5.32 Å². The van der Waals surface area contributed by atoms with Crippen molar-refractivity contribution >= 4 is 21.8 Å². The molecule has 0 bridgehead atoms. The maximum atomic E-state index is 13.5. The Hall–Kier alpha value is -1.01. The van der Waals surface area contributed by atoms with Crippen molar-refractivity contribution in [3.8, 4) is 0 Å². The molecule has 1 N–H and O–H groups in total. The second kappa shape index (κ2) is 5.10. The molecular formula is C11H10BrF2NO2. The molecule has 1 aromatic carbocycles. The molecule has 92 valence electrons. The summed E-state index contributed by atoms with van der Waals surface area (Å²) < 4.78 is 32.3. The quantitative estimate of drug-likeness (QED) is 0.910. The third-order valence-electron chi connectivity index (χ3n) is 2.50. The van der Waals surface area contributed by atoms with E-state index in [1.807, 2.05) is 0 Å². The number of hydrogen-bond donors (Lipinski definition) is 1. The smallest absolute Gasteiger partial charge is 0.257 e. The second-order valence-electron chi connectivity index (χ2n) is 3.78. The van der Waals surface area contributed by atoms with Crippen molar-refractivity contribution in [2.45, 2.75) is 12.5 Å². The van der Waals surface area contributed by atoms with Gasteiger partial charge in [0.05, 0.1) is 12.6 Å². The Bertz CT molecular complexity index is 424. The van der Waals surface area contributed by atoms with Gasteiger partial charge in [0, 0.05) is 11.1 Å². The van der Waals surface area contributed by atoms with Crippen LogP contribution in [0.25, 0.3) is 0 Å². The summed E-state index contributed by atoms with van der Waals surface area (Å²) in [5, 5.41) is 2.54. The predicted octanol–water partition coefficient (Wildman–Crippen LogP) is 2.25. The summed E-state index contributed by atoms with van der Waals surface area (Å²) in [7, 11) is 0. The Balaban J connectivity index is 2.18. The minimum atomic E-state index is -0.881. The maximum absolute atomic E-state index is 13.5. The Morgan fingerprint density at radius 1 is 1.41 bits per heavy atom. The first-order valence-electron chi connectivity index (χ1n) is 5.11. The van der Waals surface area contributed by atoms with E-state index >= 15 is 0 Å². The van der Waals surface area contributed by atoms with Crippen molar-refractivity contribution in [3.05, 3.63) is 33.8 Å². The van der Waals surface area contributed by atoms with E-state index in [0.717, 1.165) is 12.1 Å². The van der Waals surface area contributed by atoms with Crippen LogP contribution in [0.15, 0.2) is 16.6 Å². The van der Waals surface area contributed by atoms with E-state index in [0.29, 0.717) is 19.6 Å². The van der Waals surface area contributed by atoms with Gasteiger partial charge in [-0.2, -0.15) is 0 Å². The highest BCUT2D eigenvalue weighted by molar-refractivity contribution is 9.10. The van der Waals surface area contributed by atoms with Gasteiger partial charge in [0.2, 0.25) is 0 Å². The molecule has 1 amide bonds. The van der Waals surface area contributed by atoms with Gasteiger partial charge in [-0.3, -0.25) is 4.79 Å². The summed E-state index contributed by atoms with van der Waals surface area (Å²) in [6, 6.07) is 1.94. The molecule has 1 fully saturated rings. The number of carbonyl (C=O) groups excluding carboxylic acids is 1. The molecule has 0 saturated carbocycles. The fourth-order valence-electron chi connectivity index (χ4n) is 1.67. The van der Waals surface area contributed by atoms with Gasteiger partial charge in [-0.05, 0) is 18.6 Å². The molecule has 17 heavy (non-hydrogen) atoms. The summed E-state index contributed by atoms with van der Waals surface area (Å²) in [6.45, 7) is 0.932. The topological polar surface area (TPSA) is 38.3 Å². The predicted molar refractivity (Wildman–Crippen MR) is 60.7 cm³/mol. The molecule has 0 aliphatic carbocycles. The largest absolute Gasteiger partial charge is 0.379 e. The molecular weight excluding hydrogens is 296 g/mol. The van der Waals surface area contributed by atoms with Gasteiger partial charge < -0.3 is 10.1 Å². The van der Waals surface area contributed by atoms with Gasteiger partial charge in [0.15, 0.2) is 0 Å². The van der Waals surface area contributed by atoms with Crippen LogP contribution >= 0.6 is 15.9 Å². The molecule has 1 unspecified atom stereocenters. The lowest BCUT2D eigenvalue weighted by molar-refractivity contribution is 0.0921. The first-order valence-corrected chi connectivity index (χ1v) is 5.90. The lowest BCUT2D eigenvalue weighted by Crippen LogP contribution is -2.36. The minimum Gasteiger partial charge on any atom is -0.379 e. The summed E-state index contributed by atoms with van der Waals surface area (Å²) in [5.74, 6) is -2.51. The number of benzene rings is 1. The van der Waals surface area contributed by atoms with Crippen molar-refractivity contribution in [1.29, 1.82) is 0 Å². The zero-order valence-corrected chi connectivity index (χ0v) is 10.4. The molecule has 2 rings (SSSR count). The summed E-state index contributed by atoms with van der Waals surface area (Å²) in [6.07, 6.45) is 0.658. The van der Waals surface area contributed by atoms with Crippen LogP contribution in [0.2, 0.25) is 0 Å². The summed E-state index contributed by atoms with van der Waals surface area (Å²) in [4.78, 5) is 11.7. The highest BCUT2D eigenvalue weighted by atomic mass is 79.9. The average Bonchev–Trinajstić information content (AvgIpc) is 2.68. The standard InChI is InChI=1S/C11H10BrF2NO2/c12-6-3-8(13)10(9(14)4-6)11(16)15-7-1-2-17-5-7/h3-4,7H,1-2,5H2,(H,15,16). The zero-order chi connectivity index (χ0) is 12.4. The Labute approximate surface area is 105 Å². The number of halogens is 3. The van der Waals surface area contributed by atoms with Crippen LogP contribution < -0.4 is 5.32 Å². The SMILES string of the molecule is O=C(NC1CCOC1)c1c(F)cc(Br)cc1F. The van der Waals surface area contributed by atoms with Crippen LogP contribution in [0.1, 0.15) is 16.8 Å². The van der Waals surface area contributed by atoms with E-state index in [4.69, 9.17) is 4.74 Å². The number of carbonyl (C=O) groups is 1. The number of nitrogens with one attached hydrogen (secondary N) is 1. The van der Waals surface area contributed by atoms with Gasteiger partial charge in [-0.1, -0.05) is 15.9 Å². The summed E-state index contributed by atoms with van der Waals surface area (Å²) >= 11 is 2.95. The number of rotatable bonds is 2. The maximum Gasteiger partial charge on any atom is 0.257 e. The summed E-state index contributed by atoms with van der Waals surface area (Å²) in [5.41, 5.74) is -0.555. The minimum absolute atomic E-state index is 0.176. The van der Waals surface area contributed by atoms with E-state index in [9.17, 15) is 13.6 Å². The van der Waals surface area contributed by atoms with Crippen molar-refractivity contribution in [2.75, 3.05) is 13.2 Å². The third kappa shape index (κ3) is 2.81. The van der Waals surface area contributed by atoms with Crippen LogP contribution in [-0.2, 0) is 4.74 Å². The van der Waals surface area contributed by atoms with E-state index in [1.165, 1.54) is 0 Å². The van der Waals surface area contributed by atoms with Gasteiger partial charge in [0.25, 0.3) is 5.91 Å². The highest BCUT2D eigenvalue weighted by Gasteiger charge is 2.23. The molecule has 0 spiro atoms.